The minimum absolute atomic E-state index is 0.0538. The number of halogens is 3. The first kappa shape index (κ1) is 21.4. The van der Waals surface area contributed by atoms with Gasteiger partial charge in [0.1, 0.15) is 6.04 Å². The maximum atomic E-state index is 13.4. The number of carbonyl (C=O) groups excluding carboxylic acids is 2. The van der Waals surface area contributed by atoms with E-state index in [0.717, 1.165) is 31.2 Å². The highest BCUT2D eigenvalue weighted by molar-refractivity contribution is 7.10. The predicted octanol–water partition coefficient (Wildman–Crippen LogP) is 4.48. The van der Waals surface area contributed by atoms with Crippen molar-refractivity contribution in [3.8, 4) is 0 Å². The van der Waals surface area contributed by atoms with Gasteiger partial charge in [0.2, 0.25) is 5.91 Å². The lowest BCUT2D eigenvalue weighted by atomic mass is 10.1. The highest BCUT2D eigenvalue weighted by Crippen LogP contribution is 2.31. The van der Waals surface area contributed by atoms with Gasteiger partial charge in [0.05, 0.1) is 0 Å². The van der Waals surface area contributed by atoms with Crippen molar-refractivity contribution in [1.82, 2.24) is 10.2 Å². The number of rotatable bonds is 7. The molecule has 1 N–H and O–H groups in total. The number of carbonyl (C=O) groups is 2. The summed E-state index contributed by atoms with van der Waals surface area (Å²) in [5.41, 5.74) is 0.800. The third-order valence-electron chi connectivity index (χ3n) is 5.06. The van der Waals surface area contributed by atoms with Gasteiger partial charge in [0.25, 0.3) is 0 Å². The summed E-state index contributed by atoms with van der Waals surface area (Å²) in [5.74, 6) is -2.54. The third kappa shape index (κ3) is 5.59. The van der Waals surface area contributed by atoms with Gasteiger partial charge in [-0.2, -0.15) is 13.2 Å². The van der Waals surface area contributed by atoms with Crippen LogP contribution in [0.3, 0.4) is 0 Å². The average molecular weight is 424 g/mol. The summed E-state index contributed by atoms with van der Waals surface area (Å²) in [6, 6.07) is 10.9. The Bertz CT molecular complexity index is 803. The van der Waals surface area contributed by atoms with Crippen molar-refractivity contribution in [3.05, 3.63) is 58.3 Å². The third-order valence-corrected chi connectivity index (χ3v) is 5.99. The topological polar surface area (TPSA) is 49.4 Å². The standard InChI is InChI=1S/C21H23F3N2O2S/c22-21(23,24)20(28)26(13-12-15-7-2-1-3-8-15)18(17-11-6-14-29-17)19(27)25-16-9-4-5-10-16/h1-3,6-8,11,14,16,18H,4-5,9-10,12-13H2,(H,25,27). The fraction of sp³-hybridized carbons (Fsp3) is 0.429. The number of amides is 2. The molecule has 1 aromatic carbocycles. The van der Waals surface area contributed by atoms with E-state index in [2.05, 4.69) is 5.32 Å². The van der Waals surface area contributed by atoms with E-state index in [1.807, 2.05) is 6.07 Å². The molecule has 1 aliphatic rings. The molecule has 1 fully saturated rings. The molecule has 1 heterocycles. The zero-order valence-corrected chi connectivity index (χ0v) is 16.6. The summed E-state index contributed by atoms with van der Waals surface area (Å²) in [4.78, 5) is 26.4. The minimum Gasteiger partial charge on any atom is -0.351 e. The van der Waals surface area contributed by atoms with E-state index in [4.69, 9.17) is 0 Å². The number of benzene rings is 1. The molecular formula is C21H23F3N2O2S. The number of alkyl halides is 3. The number of nitrogens with one attached hydrogen (secondary N) is 1. The van der Waals surface area contributed by atoms with Crippen molar-refractivity contribution in [3.63, 3.8) is 0 Å². The number of thiophene rings is 1. The van der Waals surface area contributed by atoms with E-state index >= 15 is 0 Å². The molecule has 0 saturated heterocycles. The van der Waals surface area contributed by atoms with Gasteiger partial charge in [-0.05, 0) is 36.3 Å². The van der Waals surface area contributed by atoms with Crippen molar-refractivity contribution in [2.75, 3.05) is 6.54 Å². The van der Waals surface area contributed by atoms with Crippen molar-refractivity contribution in [1.29, 1.82) is 0 Å². The highest BCUT2D eigenvalue weighted by Gasteiger charge is 2.46. The van der Waals surface area contributed by atoms with Crippen LogP contribution in [0.4, 0.5) is 13.2 Å². The Labute approximate surface area is 171 Å². The number of hydrogen-bond acceptors (Lipinski definition) is 3. The molecule has 0 spiro atoms. The summed E-state index contributed by atoms with van der Waals surface area (Å²) in [6.07, 6.45) is -1.26. The number of hydrogen-bond donors (Lipinski definition) is 1. The Balaban J connectivity index is 1.88. The summed E-state index contributed by atoms with van der Waals surface area (Å²) in [5, 5.41) is 4.55. The molecule has 0 radical (unpaired) electrons. The molecule has 3 rings (SSSR count). The average Bonchev–Trinajstić information content (AvgIpc) is 3.38. The first-order valence-corrected chi connectivity index (χ1v) is 10.5. The maximum absolute atomic E-state index is 13.4. The Hall–Kier alpha value is -2.35. The summed E-state index contributed by atoms with van der Waals surface area (Å²) in [6.45, 7) is -0.205. The van der Waals surface area contributed by atoms with Crippen LogP contribution in [0.5, 0.6) is 0 Å². The Kier molecular flexibility index (Phi) is 6.95. The molecule has 2 amide bonds. The molecule has 156 valence electrons. The van der Waals surface area contributed by atoms with Crippen LogP contribution in [0.2, 0.25) is 0 Å². The predicted molar refractivity (Wildman–Crippen MR) is 105 cm³/mol. The van der Waals surface area contributed by atoms with Crippen molar-refractivity contribution in [2.24, 2.45) is 0 Å². The molecule has 1 aromatic heterocycles. The second kappa shape index (κ2) is 9.43. The summed E-state index contributed by atoms with van der Waals surface area (Å²) >= 11 is 1.17. The van der Waals surface area contributed by atoms with Crippen LogP contribution < -0.4 is 5.32 Å². The molecule has 1 unspecified atom stereocenters. The van der Waals surface area contributed by atoms with Gasteiger partial charge >= 0.3 is 12.1 Å². The first-order chi connectivity index (χ1) is 13.9. The summed E-state index contributed by atoms with van der Waals surface area (Å²) < 4.78 is 40.1. The lowest BCUT2D eigenvalue weighted by Crippen LogP contribution is -2.50. The van der Waals surface area contributed by atoms with E-state index in [-0.39, 0.29) is 19.0 Å². The molecule has 29 heavy (non-hydrogen) atoms. The number of nitrogens with zero attached hydrogens (tertiary/aromatic N) is 1. The molecule has 1 saturated carbocycles. The van der Waals surface area contributed by atoms with Crippen LogP contribution >= 0.6 is 11.3 Å². The van der Waals surface area contributed by atoms with Crippen LogP contribution in [-0.2, 0) is 16.0 Å². The lowest BCUT2D eigenvalue weighted by Gasteiger charge is -2.32. The Morgan fingerprint density at radius 2 is 1.79 bits per heavy atom. The van der Waals surface area contributed by atoms with Crippen LogP contribution in [0.1, 0.15) is 42.2 Å². The quantitative estimate of drug-likeness (QED) is 0.712. The van der Waals surface area contributed by atoms with Crippen LogP contribution in [0.15, 0.2) is 47.8 Å². The van der Waals surface area contributed by atoms with E-state index < -0.39 is 24.0 Å². The largest absolute Gasteiger partial charge is 0.471 e. The Morgan fingerprint density at radius 1 is 1.10 bits per heavy atom. The van der Waals surface area contributed by atoms with Gasteiger partial charge in [-0.1, -0.05) is 49.2 Å². The van der Waals surface area contributed by atoms with Crippen molar-refractivity contribution < 1.29 is 22.8 Å². The van der Waals surface area contributed by atoms with E-state index in [0.29, 0.717) is 9.78 Å². The first-order valence-electron chi connectivity index (χ1n) is 9.62. The van der Waals surface area contributed by atoms with Gasteiger partial charge in [-0.3, -0.25) is 9.59 Å². The normalized spacial score (nSPS) is 15.8. The van der Waals surface area contributed by atoms with Crippen LogP contribution in [-0.4, -0.2) is 35.5 Å². The van der Waals surface area contributed by atoms with Gasteiger partial charge in [0.15, 0.2) is 0 Å². The molecular weight excluding hydrogens is 401 g/mol. The SMILES string of the molecule is O=C(NC1CCCC1)C(c1cccs1)N(CCc1ccccc1)C(=O)C(F)(F)F. The van der Waals surface area contributed by atoms with Gasteiger partial charge in [-0.15, -0.1) is 11.3 Å². The molecule has 1 atom stereocenters. The van der Waals surface area contributed by atoms with Crippen LogP contribution in [0, 0.1) is 0 Å². The van der Waals surface area contributed by atoms with Gasteiger partial charge < -0.3 is 10.2 Å². The van der Waals surface area contributed by atoms with E-state index in [9.17, 15) is 22.8 Å². The zero-order valence-electron chi connectivity index (χ0n) is 15.8. The smallest absolute Gasteiger partial charge is 0.351 e. The molecule has 2 aromatic rings. The molecule has 1 aliphatic carbocycles. The second-order valence-corrected chi connectivity index (χ2v) is 8.12. The van der Waals surface area contributed by atoms with E-state index in [1.54, 1.807) is 41.8 Å². The van der Waals surface area contributed by atoms with Crippen molar-refractivity contribution in [2.45, 2.75) is 50.4 Å². The molecule has 8 heteroatoms. The fourth-order valence-corrected chi connectivity index (χ4v) is 4.46. The zero-order chi connectivity index (χ0) is 20.9. The molecule has 0 bridgehead atoms. The summed E-state index contributed by atoms with van der Waals surface area (Å²) in [7, 11) is 0. The van der Waals surface area contributed by atoms with Gasteiger partial charge in [-0.25, -0.2) is 0 Å². The maximum Gasteiger partial charge on any atom is 0.471 e. The highest BCUT2D eigenvalue weighted by atomic mass is 32.1. The fourth-order valence-electron chi connectivity index (χ4n) is 3.63. The molecule has 0 aliphatic heterocycles. The van der Waals surface area contributed by atoms with E-state index in [1.165, 1.54) is 11.3 Å². The minimum atomic E-state index is -5.06. The Morgan fingerprint density at radius 3 is 2.38 bits per heavy atom. The lowest BCUT2D eigenvalue weighted by molar-refractivity contribution is -0.188. The molecule has 4 nitrogen and oxygen atoms in total. The van der Waals surface area contributed by atoms with Gasteiger partial charge in [0, 0.05) is 17.5 Å². The second-order valence-electron chi connectivity index (χ2n) is 7.14. The van der Waals surface area contributed by atoms with Crippen LogP contribution in [0.25, 0.3) is 0 Å². The van der Waals surface area contributed by atoms with Crippen molar-refractivity contribution >= 4 is 23.2 Å². The monoisotopic (exact) mass is 424 g/mol.